The smallest absolute Gasteiger partial charge is 0.270 e. The summed E-state index contributed by atoms with van der Waals surface area (Å²) in [5.41, 5.74) is -1.77. The lowest BCUT2D eigenvalue weighted by Crippen LogP contribution is -2.28. The predicted octanol–water partition coefficient (Wildman–Crippen LogP) is 2.17. The lowest BCUT2D eigenvalue weighted by atomic mass is 10.3. The molecule has 3 rings (SSSR count). The van der Waals surface area contributed by atoms with Crippen molar-refractivity contribution in [3.8, 4) is 0 Å². The molecule has 0 saturated heterocycles. The van der Waals surface area contributed by atoms with E-state index in [0.29, 0.717) is 12.8 Å². The van der Waals surface area contributed by atoms with Gasteiger partial charge in [-0.15, -0.1) is 22.7 Å². The Morgan fingerprint density at radius 2 is 0.958 bits per heavy atom. The molecule has 0 bridgehead atoms. The van der Waals surface area contributed by atoms with Gasteiger partial charge in [-0.05, 0) is 26.7 Å². The van der Waals surface area contributed by atoms with Gasteiger partial charge in [0.25, 0.3) is 22.2 Å². The number of hydrogen-bond acceptors (Lipinski definition) is 6. The van der Waals surface area contributed by atoms with Gasteiger partial charge < -0.3 is 0 Å². The molecule has 8 heteroatoms. The molecule has 0 aliphatic rings. The summed E-state index contributed by atoms with van der Waals surface area (Å²) in [5.74, 6) is 0. The van der Waals surface area contributed by atoms with Gasteiger partial charge in [-0.1, -0.05) is 13.8 Å². The van der Waals surface area contributed by atoms with E-state index >= 15 is 0 Å². The third kappa shape index (κ3) is 2.20. The quantitative estimate of drug-likeness (QED) is 0.711. The molecule has 0 aromatic carbocycles. The molecular weight excluding hydrogens is 348 g/mol. The maximum Gasteiger partial charge on any atom is 0.272 e. The number of nitrogens with zero attached hydrogens (tertiary/aromatic N) is 2. The van der Waals surface area contributed by atoms with Gasteiger partial charge in [0.05, 0.1) is 0 Å². The molecular formula is C16H16N2O4S2. The third-order valence-corrected chi connectivity index (χ3v) is 6.74. The first kappa shape index (κ1) is 17.0. The first-order valence-corrected chi connectivity index (χ1v) is 9.22. The molecule has 3 heterocycles. The largest absolute Gasteiger partial charge is 0.272 e. The monoisotopic (exact) mass is 364 g/mol. The first-order chi connectivity index (χ1) is 11.3. The maximum absolute atomic E-state index is 12.5. The first-order valence-electron chi connectivity index (χ1n) is 7.59. The van der Waals surface area contributed by atoms with Gasteiger partial charge in [0.1, 0.15) is 18.8 Å². The van der Waals surface area contributed by atoms with Crippen molar-refractivity contribution in [3.63, 3.8) is 0 Å². The van der Waals surface area contributed by atoms with Crippen molar-refractivity contribution in [2.75, 3.05) is 0 Å². The van der Waals surface area contributed by atoms with E-state index in [1.54, 1.807) is 0 Å². The SMILES string of the molecule is [CH2]C(CC)n1c(=O)c2sc3c(=O)n(C([CH2])CC)c(=O)c3sc2c1=O. The molecule has 3 aromatic rings. The average molecular weight is 364 g/mol. The lowest BCUT2D eigenvalue weighted by Gasteiger charge is -2.06. The van der Waals surface area contributed by atoms with E-state index in [4.69, 9.17) is 0 Å². The van der Waals surface area contributed by atoms with Crippen molar-refractivity contribution in [2.45, 2.75) is 38.8 Å². The summed E-state index contributed by atoms with van der Waals surface area (Å²) in [6, 6.07) is -0.947. The van der Waals surface area contributed by atoms with Crippen LogP contribution in [0.4, 0.5) is 0 Å². The Bertz CT molecular complexity index is 985. The summed E-state index contributed by atoms with van der Waals surface area (Å²) in [7, 11) is 0. The fourth-order valence-corrected chi connectivity index (χ4v) is 4.97. The molecule has 0 amide bonds. The molecule has 0 N–H and O–H groups in total. The minimum Gasteiger partial charge on any atom is -0.270 e. The van der Waals surface area contributed by atoms with Crippen LogP contribution in [0.1, 0.15) is 38.8 Å². The molecule has 6 nitrogen and oxygen atoms in total. The van der Waals surface area contributed by atoms with Crippen molar-refractivity contribution in [2.24, 2.45) is 0 Å². The zero-order valence-electron chi connectivity index (χ0n) is 13.3. The molecule has 2 radical (unpaired) electrons. The van der Waals surface area contributed by atoms with E-state index in [1.807, 2.05) is 13.8 Å². The summed E-state index contributed by atoms with van der Waals surface area (Å²) in [4.78, 5) is 50.1. The summed E-state index contributed by atoms with van der Waals surface area (Å²) in [6.07, 6.45) is 1.07. The van der Waals surface area contributed by atoms with Crippen molar-refractivity contribution in [1.29, 1.82) is 0 Å². The Balaban J connectivity index is 2.48. The molecule has 2 atom stereocenters. The highest BCUT2D eigenvalue weighted by Gasteiger charge is 2.23. The molecule has 2 unspecified atom stereocenters. The Morgan fingerprint density at radius 1 is 0.708 bits per heavy atom. The van der Waals surface area contributed by atoms with Crippen LogP contribution in [0.15, 0.2) is 19.2 Å². The van der Waals surface area contributed by atoms with Crippen LogP contribution in [-0.4, -0.2) is 9.13 Å². The van der Waals surface area contributed by atoms with Gasteiger partial charge in [0.2, 0.25) is 0 Å². The fourth-order valence-electron chi connectivity index (χ4n) is 2.60. The zero-order chi connectivity index (χ0) is 17.8. The van der Waals surface area contributed by atoms with Gasteiger partial charge in [-0.25, -0.2) is 0 Å². The van der Waals surface area contributed by atoms with Crippen LogP contribution in [-0.2, 0) is 0 Å². The molecule has 0 aliphatic carbocycles. The topological polar surface area (TPSA) is 78.1 Å². The highest BCUT2D eigenvalue weighted by molar-refractivity contribution is 7.36. The highest BCUT2D eigenvalue weighted by atomic mass is 32.1. The van der Waals surface area contributed by atoms with Crippen LogP contribution in [0.2, 0.25) is 0 Å². The molecule has 0 aliphatic heterocycles. The average Bonchev–Trinajstić information content (AvgIpc) is 2.97. The van der Waals surface area contributed by atoms with Gasteiger partial charge in [0.15, 0.2) is 0 Å². The van der Waals surface area contributed by atoms with Gasteiger partial charge in [-0.3, -0.25) is 28.3 Å². The van der Waals surface area contributed by atoms with Crippen LogP contribution < -0.4 is 22.2 Å². The third-order valence-electron chi connectivity index (χ3n) is 4.15. The summed E-state index contributed by atoms with van der Waals surface area (Å²) in [6.45, 7) is 11.3. The minimum absolute atomic E-state index is 0.214. The van der Waals surface area contributed by atoms with E-state index in [0.717, 1.165) is 31.8 Å². The van der Waals surface area contributed by atoms with E-state index < -0.39 is 34.3 Å². The Hall–Kier alpha value is -1.80. The Labute approximate surface area is 145 Å². The number of rotatable bonds is 4. The van der Waals surface area contributed by atoms with Crippen molar-refractivity contribution in [3.05, 3.63) is 55.3 Å². The predicted molar refractivity (Wildman–Crippen MR) is 98.8 cm³/mol. The normalized spacial score (nSPS) is 14.5. The van der Waals surface area contributed by atoms with Gasteiger partial charge in [0, 0.05) is 12.1 Å². The van der Waals surface area contributed by atoms with Crippen LogP contribution in [0.3, 0.4) is 0 Å². The van der Waals surface area contributed by atoms with E-state index in [9.17, 15) is 19.2 Å². The van der Waals surface area contributed by atoms with Crippen molar-refractivity contribution < 1.29 is 0 Å². The zero-order valence-corrected chi connectivity index (χ0v) is 15.0. The summed E-state index contributed by atoms with van der Waals surface area (Å²) >= 11 is 1.84. The number of hydrogen-bond donors (Lipinski definition) is 0. The van der Waals surface area contributed by atoms with Gasteiger partial charge >= 0.3 is 0 Å². The molecule has 0 saturated carbocycles. The second kappa shape index (κ2) is 5.93. The molecule has 24 heavy (non-hydrogen) atoms. The van der Waals surface area contributed by atoms with E-state index in [2.05, 4.69) is 13.8 Å². The van der Waals surface area contributed by atoms with E-state index in [-0.39, 0.29) is 18.8 Å². The minimum atomic E-state index is -0.473. The van der Waals surface area contributed by atoms with Crippen LogP contribution >= 0.6 is 22.7 Å². The summed E-state index contributed by atoms with van der Waals surface area (Å²) in [5, 5.41) is 0. The second-order valence-electron chi connectivity index (χ2n) is 5.61. The Morgan fingerprint density at radius 3 is 1.17 bits per heavy atom. The van der Waals surface area contributed by atoms with Crippen molar-refractivity contribution in [1.82, 2.24) is 9.13 Å². The fraction of sp³-hybridized carbons (Fsp3) is 0.375. The molecule has 126 valence electrons. The highest BCUT2D eigenvalue weighted by Crippen LogP contribution is 2.27. The van der Waals surface area contributed by atoms with E-state index in [1.165, 1.54) is 0 Å². The molecule has 0 fully saturated rings. The summed E-state index contributed by atoms with van der Waals surface area (Å²) < 4.78 is 3.07. The lowest BCUT2D eigenvalue weighted by molar-refractivity contribution is 0.558. The maximum atomic E-state index is 12.5. The van der Waals surface area contributed by atoms with Crippen LogP contribution in [0.5, 0.6) is 0 Å². The van der Waals surface area contributed by atoms with Crippen molar-refractivity contribution >= 4 is 41.5 Å². The number of aromatic nitrogens is 2. The standard InChI is InChI=1S/C16H16N2O4S2/c1-5-7(3)17-13(19)9-10(14(17)20)24-12-11(23-9)15(21)18(16(12)22)8(4)6-2/h7-8H,3-6H2,1-2H3. The van der Waals surface area contributed by atoms with Crippen LogP contribution in [0.25, 0.3) is 18.8 Å². The molecule has 0 spiro atoms. The van der Waals surface area contributed by atoms with Crippen LogP contribution in [0, 0.1) is 13.8 Å². The second-order valence-corrected chi connectivity index (χ2v) is 7.65. The Kier molecular flexibility index (Phi) is 4.21. The van der Waals surface area contributed by atoms with Gasteiger partial charge in [-0.2, -0.15) is 0 Å². The molecule has 3 aromatic heterocycles. The number of fused-ring (bicyclic) bond motifs is 2.